The quantitative estimate of drug-likeness (QED) is 0.646. The number of thioether (sulfide) groups is 1. The van der Waals surface area contributed by atoms with Crippen LogP contribution < -0.4 is 5.32 Å². The molecule has 0 spiro atoms. The van der Waals surface area contributed by atoms with Crippen molar-refractivity contribution in [1.29, 1.82) is 0 Å². The molecule has 90 valence electrons. The highest BCUT2D eigenvalue weighted by atomic mass is 32.2. The zero-order valence-electron chi connectivity index (χ0n) is 10.8. The number of nitrogens with one attached hydrogen (secondary N) is 1. The Labute approximate surface area is 102 Å². The molecular formula is C12H21N3S. The van der Waals surface area contributed by atoms with Gasteiger partial charge in [-0.3, -0.25) is 0 Å². The van der Waals surface area contributed by atoms with Crippen molar-refractivity contribution in [1.82, 2.24) is 9.97 Å². The van der Waals surface area contributed by atoms with Crippen LogP contribution in [0.2, 0.25) is 0 Å². The number of rotatable bonds is 4. The molecule has 0 saturated carbocycles. The van der Waals surface area contributed by atoms with E-state index in [2.05, 4.69) is 43.0 Å². The third-order valence-electron chi connectivity index (χ3n) is 2.14. The molecule has 0 bridgehead atoms. The third kappa shape index (κ3) is 3.67. The first-order valence-corrected chi connectivity index (χ1v) is 6.87. The van der Waals surface area contributed by atoms with Gasteiger partial charge in [-0.1, -0.05) is 27.7 Å². The average molecular weight is 239 g/mol. The van der Waals surface area contributed by atoms with E-state index < -0.39 is 0 Å². The Balaban J connectivity index is 3.01. The van der Waals surface area contributed by atoms with Gasteiger partial charge in [0.25, 0.3) is 0 Å². The van der Waals surface area contributed by atoms with Gasteiger partial charge in [0, 0.05) is 18.0 Å². The molecule has 0 aliphatic heterocycles. The Morgan fingerprint density at radius 3 is 2.50 bits per heavy atom. The molecule has 0 aliphatic carbocycles. The van der Waals surface area contributed by atoms with Gasteiger partial charge < -0.3 is 5.32 Å². The van der Waals surface area contributed by atoms with Crippen molar-refractivity contribution in [3.63, 3.8) is 0 Å². The third-order valence-corrected chi connectivity index (χ3v) is 2.77. The van der Waals surface area contributed by atoms with Crippen LogP contribution in [0.4, 0.5) is 5.82 Å². The van der Waals surface area contributed by atoms with Gasteiger partial charge >= 0.3 is 0 Å². The van der Waals surface area contributed by atoms with Crippen LogP contribution >= 0.6 is 11.8 Å². The maximum atomic E-state index is 4.55. The average Bonchev–Trinajstić information content (AvgIpc) is 2.24. The summed E-state index contributed by atoms with van der Waals surface area (Å²) in [7, 11) is 0. The van der Waals surface area contributed by atoms with Gasteiger partial charge in [-0.25, -0.2) is 9.97 Å². The van der Waals surface area contributed by atoms with Gasteiger partial charge in [-0.2, -0.15) is 0 Å². The molecule has 0 aromatic carbocycles. The highest BCUT2D eigenvalue weighted by Gasteiger charge is 2.18. The van der Waals surface area contributed by atoms with E-state index in [4.69, 9.17) is 0 Å². The Morgan fingerprint density at radius 2 is 2.00 bits per heavy atom. The van der Waals surface area contributed by atoms with Crippen LogP contribution in [0.3, 0.4) is 0 Å². The maximum Gasteiger partial charge on any atom is 0.137 e. The molecule has 1 rings (SSSR count). The lowest BCUT2D eigenvalue weighted by molar-refractivity contribution is 0.539. The molecule has 0 saturated heterocycles. The molecular weight excluding hydrogens is 218 g/mol. The van der Waals surface area contributed by atoms with Gasteiger partial charge in [0.1, 0.15) is 16.7 Å². The molecule has 0 atom stereocenters. The molecule has 1 aromatic heterocycles. The number of hydrogen-bond acceptors (Lipinski definition) is 4. The molecule has 0 radical (unpaired) electrons. The van der Waals surface area contributed by atoms with Crippen LogP contribution in [-0.4, -0.2) is 22.8 Å². The van der Waals surface area contributed by atoms with Gasteiger partial charge in [0.05, 0.1) is 0 Å². The lowest BCUT2D eigenvalue weighted by Gasteiger charge is -2.18. The Hall–Kier alpha value is -0.770. The van der Waals surface area contributed by atoms with Crippen LogP contribution in [0.25, 0.3) is 0 Å². The van der Waals surface area contributed by atoms with E-state index >= 15 is 0 Å². The van der Waals surface area contributed by atoms with E-state index in [1.165, 1.54) is 0 Å². The van der Waals surface area contributed by atoms with Crippen molar-refractivity contribution in [3.05, 3.63) is 11.9 Å². The summed E-state index contributed by atoms with van der Waals surface area (Å²) in [6.07, 6.45) is 3.14. The van der Waals surface area contributed by atoms with E-state index in [0.29, 0.717) is 0 Å². The SMILES string of the molecule is CCCNc1cc(SC)nc(C(C)(C)C)n1. The normalized spacial score (nSPS) is 11.6. The van der Waals surface area contributed by atoms with Crippen LogP contribution in [0.15, 0.2) is 11.1 Å². The first-order chi connectivity index (χ1) is 7.47. The molecule has 4 heteroatoms. The number of nitrogens with zero attached hydrogens (tertiary/aromatic N) is 2. The minimum atomic E-state index is -0.00557. The fourth-order valence-electron chi connectivity index (χ4n) is 1.21. The van der Waals surface area contributed by atoms with Gasteiger partial charge in [-0.15, -0.1) is 11.8 Å². The number of anilines is 1. The standard InChI is InChI=1S/C12H21N3S/c1-6-7-13-9-8-10(16-5)15-11(14-9)12(2,3)4/h8H,6-7H2,1-5H3,(H,13,14,15). The highest BCUT2D eigenvalue weighted by molar-refractivity contribution is 7.98. The molecule has 1 N–H and O–H groups in total. The topological polar surface area (TPSA) is 37.8 Å². The zero-order valence-corrected chi connectivity index (χ0v) is 11.6. The first kappa shape index (κ1) is 13.3. The molecule has 3 nitrogen and oxygen atoms in total. The smallest absolute Gasteiger partial charge is 0.137 e. The van der Waals surface area contributed by atoms with Gasteiger partial charge in [0.15, 0.2) is 0 Å². The van der Waals surface area contributed by atoms with Crippen molar-refractivity contribution in [2.75, 3.05) is 18.1 Å². The van der Waals surface area contributed by atoms with Crippen LogP contribution in [0.1, 0.15) is 39.9 Å². The monoisotopic (exact) mass is 239 g/mol. The summed E-state index contributed by atoms with van der Waals surface area (Å²) >= 11 is 1.66. The number of aromatic nitrogens is 2. The van der Waals surface area contributed by atoms with Crippen LogP contribution in [-0.2, 0) is 5.41 Å². The van der Waals surface area contributed by atoms with Crippen molar-refractivity contribution >= 4 is 17.6 Å². The fraction of sp³-hybridized carbons (Fsp3) is 0.667. The van der Waals surface area contributed by atoms with E-state index in [-0.39, 0.29) is 5.41 Å². The molecule has 0 unspecified atom stereocenters. The molecule has 16 heavy (non-hydrogen) atoms. The molecule has 0 amide bonds. The summed E-state index contributed by atoms with van der Waals surface area (Å²) < 4.78 is 0. The summed E-state index contributed by atoms with van der Waals surface area (Å²) in [6, 6.07) is 2.01. The van der Waals surface area contributed by atoms with E-state index in [9.17, 15) is 0 Å². The maximum absolute atomic E-state index is 4.55. The van der Waals surface area contributed by atoms with E-state index in [0.717, 1.165) is 29.6 Å². The Morgan fingerprint density at radius 1 is 1.31 bits per heavy atom. The first-order valence-electron chi connectivity index (χ1n) is 5.64. The number of hydrogen-bond donors (Lipinski definition) is 1. The predicted octanol–water partition coefficient (Wildman–Crippen LogP) is 3.32. The second kappa shape index (κ2) is 5.53. The molecule has 0 fully saturated rings. The summed E-state index contributed by atoms with van der Waals surface area (Å²) in [6.45, 7) is 9.50. The minimum absolute atomic E-state index is 0.00557. The van der Waals surface area contributed by atoms with Crippen molar-refractivity contribution in [3.8, 4) is 0 Å². The summed E-state index contributed by atoms with van der Waals surface area (Å²) in [5, 5.41) is 4.34. The lowest BCUT2D eigenvalue weighted by atomic mass is 9.96. The largest absolute Gasteiger partial charge is 0.370 e. The highest BCUT2D eigenvalue weighted by Crippen LogP contribution is 2.23. The lowest BCUT2D eigenvalue weighted by Crippen LogP contribution is -2.17. The zero-order chi connectivity index (χ0) is 12.2. The van der Waals surface area contributed by atoms with E-state index in [1.54, 1.807) is 11.8 Å². The van der Waals surface area contributed by atoms with Crippen molar-refractivity contribution < 1.29 is 0 Å². The van der Waals surface area contributed by atoms with Crippen molar-refractivity contribution in [2.45, 2.75) is 44.6 Å². The second-order valence-corrected chi connectivity index (χ2v) is 5.62. The summed E-state index contributed by atoms with van der Waals surface area (Å²) in [5.74, 6) is 1.84. The fourth-order valence-corrected chi connectivity index (χ4v) is 1.62. The second-order valence-electron chi connectivity index (χ2n) is 4.80. The Kier molecular flexibility index (Phi) is 4.59. The van der Waals surface area contributed by atoms with Gasteiger partial charge in [-0.05, 0) is 12.7 Å². The molecule has 0 aliphatic rings. The summed E-state index contributed by atoms with van der Waals surface area (Å²) in [5.41, 5.74) is -0.00557. The molecule has 1 heterocycles. The van der Waals surface area contributed by atoms with Gasteiger partial charge in [0.2, 0.25) is 0 Å². The summed E-state index contributed by atoms with van der Waals surface area (Å²) in [4.78, 5) is 9.10. The Bertz CT molecular complexity index is 345. The predicted molar refractivity (Wildman–Crippen MR) is 71.3 cm³/mol. The van der Waals surface area contributed by atoms with E-state index in [1.807, 2.05) is 12.3 Å². The van der Waals surface area contributed by atoms with Crippen LogP contribution in [0.5, 0.6) is 0 Å². The minimum Gasteiger partial charge on any atom is -0.370 e. The van der Waals surface area contributed by atoms with Crippen molar-refractivity contribution in [2.24, 2.45) is 0 Å². The van der Waals surface area contributed by atoms with Crippen LogP contribution in [0, 0.1) is 0 Å². The molecule has 1 aromatic rings.